The number of Topliss-reactive ketones (excluding diaryl/α,β-unsaturated/α-hetero) is 1. The molecule has 4 nitrogen and oxygen atoms in total. The van der Waals surface area contributed by atoms with E-state index in [0.717, 1.165) is 0 Å². The van der Waals surface area contributed by atoms with E-state index in [2.05, 4.69) is 5.32 Å². The minimum absolute atomic E-state index is 0.0608. The van der Waals surface area contributed by atoms with E-state index in [9.17, 15) is 14.7 Å². The van der Waals surface area contributed by atoms with Gasteiger partial charge in [-0.1, -0.05) is 13.8 Å². The Morgan fingerprint density at radius 1 is 1.69 bits per heavy atom. The Labute approximate surface area is 76.6 Å². The predicted octanol–water partition coefficient (Wildman–Crippen LogP) is 0.543. The van der Waals surface area contributed by atoms with Crippen LogP contribution in [0.5, 0.6) is 0 Å². The number of ketones is 1. The second-order valence-corrected chi connectivity index (χ2v) is 3.18. The second kappa shape index (κ2) is 3.60. The Kier molecular flexibility index (Phi) is 2.70. The van der Waals surface area contributed by atoms with E-state index in [1.165, 1.54) is 0 Å². The lowest BCUT2D eigenvalue weighted by molar-refractivity contribution is -0.123. The molecular weight excluding hydrogens is 170 g/mol. The first-order valence-corrected chi connectivity index (χ1v) is 4.32. The van der Waals surface area contributed by atoms with Crippen LogP contribution in [-0.4, -0.2) is 23.3 Å². The molecule has 0 radical (unpaired) electrons. The SMILES string of the molecule is CCC(C)C(=O)C1=C(O)CNC1=O. The van der Waals surface area contributed by atoms with Crippen molar-refractivity contribution in [2.24, 2.45) is 5.92 Å². The first-order chi connectivity index (χ1) is 6.07. The molecule has 0 saturated heterocycles. The molecule has 0 saturated carbocycles. The highest BCUT2D eigenvalue weighted by Crippen LogP contribution is 2.16. The van der Waals surface area contributed by atoms with Gasteiger partial charge in [-0.3, -0.25) is 9.59 Å². The first kappa shape index (κ1) is 9.77. The summed E-state index contributed by atoms with van der Waals surface area (Å²) >= 11 is 0. The Hall–Kier alpha value is -1.32. The monoisotopic (exact) mass is 183 g/mol. The normalized spacial score (nSPS) is 18.8. The molecule has 72 valence electrons. The zero-order valence-electron chi connectivity index (χ0n) is 7.76. The van der Waals surface area contributed by atoms with Crippen molar-refractivity contribution in [3.05, 3.63) is 11.3 Å². The van der Waals surface area contributed by atoms with E-state index < -0.39 is 5.91 Å². The molecule has 0 bridgehead atoms. The molecule has 1 aliphatic rings. The van der Waals surface area contributed by atoms with Gasteiger partial charge < -0.3 is 10.4 Å². The molecule has 1 unspecified atom stereocenters. The van der Waals surface area contributed by atoms with E-state index in [0.29, 0.717) is 6.42 Å². The van der Waals surface area contributed by atoms with Gasteiger partial charge in [-0.15, -0.1) is 0 Å². The molecule has 0 aromatic heterocycles. The summed E-state index contributed by atoms with van der Waals surface area (Å²) in [4.78, 5) is 22.6. The van der Waals surface area contributed by atoms with Gasteiger partial charge in [0.1, 0.15) is 11.3 Å². The average Bonchev–Trinajstić information content (AvgIpc) is 2.44. The van der Waals surface area contributed by atoms with Gasteiger partial charge in [0, 0.05) is 5.92 Å². The number of amides is 1. The van der Waals surface area contributed by atoms with Gasteiger partial charge in [0.25, 0.3) is 5.91 Å². The van der Waals surface area contributed by atoms with Crippen LogP contribution in [0.4, 0.5) is 0 Å². The van der Waals surface area contributed by atoms with Crippen LogP contribution < -0.4 is 5.32 Å². The van der Waals surface area contributed by atoms with Crippen LogP contribution in [0.3, 0.4) is 0 Å². The lowest BCUT2D eigenvalue weighted by Crippen LogP contribution is -2.23. The van der Waals surface area contributed by atoms with E-state index in [1.54, 1.807) is 6.92 Å². The van der Waals surface area contributed by atoms with Gasteiger partial charge in [0.05, 0.1) is 6.54 Å². The van der Waals surface area contributed by atoms with Crippen molar-refractivity contribution in [3.63, 3.8) is 0 Å². The van der Waals surface area contributed by atoms with Crippen LogP contribution in [0.1, 0.15) is 20.3 Å². The van der Waals surface area contributed by atoms with E-state index in [1.807, 2.05) is 6.92 Å². The summed E-state index contributed by atoms with van der Waals surface area (Å²) in [7, 11) is 0. The third kappa shape index (κ3) is 1.71. The molecular formula is C9H13NO3. The van der Waals surface area contributed by atoms with Gasteiger partial charge in [-0.05, 0) is 6.42 Å². The Balaban J connectivity index is 2.88. The molecule has 0 fully saturated rings. The highest BCUT2D eigenvalue weighted by Gasteiger charge is 2.30. The smallest absolute Gasteiger partial charge is 0.258 e. The van der Waals surface area contributed by atoms with Gasteiger partial charge in [0.2, 0.25) is 0 Å². The van der Waals surface area contributed by atoms with Crippen LogP contribution in [0.15, 0.2) is 11.3 Å². The van der Waals surface area contributed by atoms with Crippen molar-refractivity contribution in [2.45, 2.75) is 20.3 Å². The Bertz CT molecular complexity index is 281. The van der Waals surface area contributed by atoms with E-state index >= 15 is 0 Å². The third-order valence-corrected chi connectivity index (χ3v) is 2.24. The summed E-state index contributed by atoms with van der Waals surface area (Å²) in [5.74, 6) is -1.06. The number of hydrogen-bond acceptors (Lipinski definition) is 3. The number of rotatable bonds is 3. The molecule has 1 atom stereocenters. The highest BCUT2D eigenvalue weighted by atomic mass is 16.3. The largest absolute Gasteiger partial charge is 0.509 e. The number of carbonyl (C=O) groups excluding carboxylic acids is 2. The minimum atomic E-state index is -0.456. The van der Waals surface area contributed by atoms with Crippen LogP contribution >= 0.6 is 0 Å². The molecule has 1 aliphatic heterocycles. The fraction of sp³-hybridized carbons (Fsp3) is 0.556. The minimum Gasteiger partial charge on any atom is -0.509 e. The zero-order chi connectivity index (χ0) is 10.0. The lowest BCUT2D eigenvalue weighted by Gasteiger charge is -2.06. The van der Waals surface area contributed by atoms with Crippen LogP contribution in [0.25, 0.3) is 0 Å². The van der Waals surface area contributed by atoms with Crippen molar-refractivity contribution >= 4 is 11.7 Å². The maximum absolute atomic E-state index is 11.5. The van der Waals surface area contributed by atoms with Crippen molar-refractivity contribution in [1.82, 2.24) is 5.32 Å². The first-order valence-electron chi connectivity index (χ1n) is 4.32. The molecule has 0 aliphatic carbocycles. The summed E-state index contributed by atoms with van der Waals surface area (Å²) in [6.07, 6.45) is 0.670. The summed E-state index contributed by atoms with van der Waals surface area (Å²) in [6, 6.07) is 0. The molecule has 0 aromatic carbocycles. The maximum atomic E-state index is 11.5. The third-order valence-electron chi connectivity index (χ3n) is 2.24. The fourth-order valence-corrected chi connectivity index (χ4v) is 1.16. The number of aliphatic hydroxyl groups excluding tert-OH is 1. The Morgan fingerprint density at radius 2 is 2.31 bits per heavy atom. The lowest BCUT2D eigenvalue weighted by atomic mass is 9.97. The number of hydrogen-bond donors (Lipinski definition) is 2. The fourth-order valence-electron chi connectivity index (χ4n) is 1.16. The molecule has 13 heavy (non-hydrogen) atoms. The van der Waals surface area contributed by atoms with Gasteiger partial charge in [0.15, 0.2) is 5.78 Å². The molecule has 1 rings (SSSR count). The summed E-state index contributed by atoms with van der Waals surface area (Å²) < 4.78 is 0. The van der Waals surface area contributed by atoms with Gasteiger partial charge in [-0.25, -0.2) is 0 Å². The number of nitrogens with one attached hydrogen (secondary N) is 1. The highest BCUT2D eigenvalue weighted by molar-refractivity contribution is 6.21. The topological polar surface area (TPSA) is 66.4 Å². The van der Waals surface area contributed by atoms with Gasteiger partial charge >= 0.3 is 0 Å². The average molecular weight is 183 g/mol. The molecule has 0 spiro atoms. The van der Waals surface area contributed by atoms with Crippen LogP contribution in [0, 0.1) is 5.92 Å². The molecule has 2 N–H and O–H groups in total. The van der Waals surface area contributed by atoms with Crippen molar-refractivity contribution in [2.75, 3.05) is 6.54 Å². The quantitative estimate of drug-likeness (QED) is 0.628. The molecule has 1 amide bonds. The molecule has 4 heteroatoms. The number of carbonyl (C=O) groups is 2. The predicted molar refractivity (Wildman–Crippen MR) is 47.1 cm³/mol. The summed E-state index contributed by atoms with van der Waals surface area (Å²) in [5.41, 5.74) is -0.0608. The van der Waals surface area contributed by atoms with Gasteiger partial charge in [-0.2, -0.15) is 0 Å². The molecule has 1 heterocycles. The van der Waals surface area contributed by atoms with Crippen molar-refractivity contribution < 1.29 is 14.7 Å². The van der Waals surface area contributed by atoms with Crippen molar-refractivity contribution in [3.8, 4) is 0 Å². The van der Waals surface area contributed by atoms with E-state index in [-0.39, 0.29) is 29.6 Å². The van der Waals surface area contributed by atoms with Crippen molar-refractivity contribution in [1.29, 1.82) is 0 Å². The maximum Gasteiger partial charge on any atom is 0.258 e. The summed E-state index contributed by atoms with van der Waals surface area (Å²) in [5, 5.41) is 11.6. The number of aliphatic hydroxyl groups is 1. The second-order valence-electron chi connectivity index (χ2n) is 3.18. The Morgan fingerprint density at radius 3 is 2.69 bits per heavy atom. The van der Waals surface area contributed by atoms with Crippen LogP contribution in [-0.2, 0) is 9.59 Å². The molecule has 0 aromatic rings. The van der Waals surface area contributed by atoms with E-state index in [4.69, 9.17) is 0 Å². The standard InChI is InChI=1S/C9H13NO3/c1-3-5(2)8(12)7-6(11)4-10-9(7)13/h5,11H,3-4H2,1-2H3,(H,10,13). The van der Waals surface area contributed by atoms with Crippen LogP contribution in [0.2, 0.25) is 0 Å². The zero-order valence-corrected chi connectivity index (χ0v) is 7.76. The summed E-state index contributed by atoms with van der Waals surface area (Å²) in [6.45, 7) is 3.69.